The molecule has 2 fully saturated rings. The van der Waals surface area contributed by atoms with Crippen LogP contribution in [0.2, 0.25) is 0 Å². The molecule has 0 N–H and O–H groups in total. The van der Waals surface area contributed by atoms with E-state index in [-0.39, 0.29) is 23.6 Å². The Morgan fingerprint density at radius 1 is 1.26 bits per heavy atom. The predicted octanol–water partition coefficient (Wildman–Crippen LogP) is 3.08. The highest BCUT2D eigenvalue weighted by atomic mass is 16.7. The summed E-state index contributed by atoms with van der Waals surface area (Å²) in [4.78, 5) is 24.6. The third-order valence-corrected chi connectivity index (χ3v) is 6.07. The Morgan fingerprint density at radius 3 is 2.22 bits per heavy atom. The van der Waals surface area contributed by atoms with Gasteiger partial charge in [0.2, 0.25) is 0 Å². The fraction of sp³-hybridized carbons (Fsp3) is 0.778. The highest BCUT2D eigenvalue weighted by Crippen LogP contribution is 2.46. The number of allylic oxidation sites excluding steroid dienone is 2. The minimum Gasteiger partial charge on any atom is -0.430 e. The van der Waals surface area contributed by atoms with E-state index >= 15 is 0 Å². The van der Waals surface area contributed by atoms with E-state index < -0.39 is 16.6 Å². The number of ketones is 1. The Bertz CT molecular complexity index is 538. The quantitative estimate of drug-likeness (QED) is 0.587. The molecule has 130 valence electrons. The second-order valence-electron chi connectivity index (χ2n) is 7.86. The Morgan fingerprint density at radius 2 is 1.78 bits per heavy atom. The van der Waals surface area contributed by atoms with Gasteiger partial charge >= 0.3 is 5.97 Å². The van der Waals surface area contributed by atoms with Gasteiger partial charge in [-0.05, 0) is 6.92 Å². The van der Waals surface area contributed by atoms with Gasteiger partial charge in [-0.2, -0.15) is 0 Å². The van der Waals surface area contributed by atoms with Gasteiger partial charge in [0.1, 0.15) is 5.76 Å². The van der Waals surface area contributed by atoms with Crippen molar-refractivity contribution in [2.24, 2.45) is 22.7 Å². The van der Waals surface area contributed by atoms with Gasteiger partial charge in [-0.1, -0.05) is 41.5 Å². The summed E-state index contributed by atoms with van der Waals surface area (Å²) in [6.45, 7) is 14.4. The Hall–Kier alpha value is -1.20. The van der Waals surface area contributed by atoms with Crippen LogP contribution in [0.3, 0.4) is 0 Å². The molecule has 0 spiro atoms. The number of carbonyl (C=O) groups excluding carboxylic acids is 2. The van der Waals surface area contributed by atoms with Crippen molar-refractivity contribution in [3.8, 4) is 0 Å². The van der Waals surface area contributed by atoms with Crippen LogP contribution < -0.4 is 0 Å². The molecule has 2 aliphatic heterocycles. The first-order valence-electron chi connectivity index (χ1n) is 8.19. The van der Waals surface area contributed by atoms with Gasteiger partial charge in [0, 0.05) is 22.8 Å². The average molecular weight is 324 g/mol. The van der Waals surface area contributed by atoms with Crippen LogP contribution >= 0.6 is 0 Å². The minimum atomic E-state index is -0.796. The van der Waals surface area contributed by atoms with Crippen LogP contribution in [0.15, 0.2) is 11.8 Å². The lowest BCUT2D eigenvalue weighted by atomic mass is 9.71. The van der Waals surface area contributed by atoms with E-state index in [1.807, 2.05) is 48.5 Å². The lowest BCUT2D eigenvalue weighted by Crippen LogP contribution is -2.49. The molecule has 0 aromatic rings. The average Bonchev–Trinajstić information content (AvgIpc) is 2.99. The molecule has 2 heterocycles. The van der Waals surface area contributed by atoms with E-state index in [0.717, 1.165) is 0 Å². The maximum atomic E-state index is 12.8. The van der Waals surface area contributed by atoms with Crippen LogP contribution in [0.4, 0.5) is 0 Å². The lowest BCUT2D eigenvalue weighted by molar-refractivity contribution is -0.227. The summed E-state index contributed by atoms with van der Waals surface area (Å²) < 4.78 is 16.8. The monoisotopic (exact) mass is 324 g/mol. The number of esters is 1. The summed E-state index contributed by atoms with van der Waals surface area (Å²) in [6.07, 6.45) is 1.48. The van der Waals surface area contributed by atoms with Gasteiger partial charge in [-0.15, -0.1) is 0 Å². The van der Waals surface area contributed by atoms with Crippen molar-refractivity contribution in [1.82, 2.24) is 0 Å². The number of hydrogen-bond donors (Lipinski definition) is 0. The van der Waals surface area contributed by atoms with E-state index in [1.165, 1.54) is 6.08 Å². The number of cyclic esters (lactones) is 1. The molecule has 2 rings (SSSR count). The molecule has 2 unspecified atom stereocenters. The van der Waals surface area contributed by atoms with Crippen molar-refractivity contribution in [3.63, 3.8) is 0 Å². The standard InChI is InChI=1S/C18H28O5/c1-11(17(5,6)18(7)21-8-9-22-18)13(19)10-14-16(3,4)12(2)15(20)23-14/h10-12H,8-9H2,1-7H3/b14-10-. The van der Waals surface area contributed by atoms with Crippen molar-refractivity contribution < 1.29 is 23.8 Å². The van der Waals surface area contributed by atoms with Crippen LogP contribution in [-0.4, -0.2) is 30.8 Å². The maximum Gasteiger partial charge on any atom is 0.314 e. The molecule has 0 radical (unpaired) electrons. The molecule has 0 aromatic carbocycles. The van der Waals surface area contributed by atoms with Gasteiger partial charge in [-0.25, -0.2) is 0 Å². The Kier molecular flexibility index (Phi) is 4.50. The molecule has 0 bridgehead atoms. The van der Waals surface area contributed by atoms with E-state index in [4.69, 9.17) is 14.2 Å². The molecule has 0 aromatic heterocycles. The fourth-order valence-corrected chi connectivity index (χ4v) is 2.94. The molecule has 2 saturated heterocycles. The molecule has 0 amide bonds. The van der Waals surface area contributed by atoms with Gasteiger partial charge in [0.05, 0.1) is 19.1 Å². The van der Waals surface area contributed by atoms with Crippen LogP contribution in [-0.2, 0) is 23.8 Å². The third-order valence-electron chi connectivity index (χ3n) is 6.07. The Balaban J connectivity index is 2.23. The van der Waals surface area contributed by atoms with Gasteiger partial charge in [0.15, 0.2) is 11.6 Å². The van der Waals surface area contributed by atoms with Gasteiger partial charge in [0.25, 0.3) is 0 Å². The summed E-state index contributed by atoms with van der Waals surface area (Å²) in [5.74, 6) is -1.32. The smallest absolute Gasteiger partial charge is 0.314 e. The largest absolute Gasteiger partial charge is 0.430 e. The predicted molar refractivity (Wildman–Crippen MR) is 85.4 cm³/mol. The first kappa shape index (κ1) is 18.1. The van der Waals surface area contributed by atoms with Crippen molar-refractivity contribution in [1.29, 1.82) is 0 Å². The van der Waals surface area contributed by atoms with Crippen molar-refractivity contribution >= 4 is 11.8 Å². The normalized spacial score (nSPS) is 29.6. The zero-order chi connectivity index (χ0) is 17.6. The highest BCUT2D eigenvalue weighted by molar-refractivity contribution is 5.93. The zero-order valence-electron chi connectivity index (χ0n) is 15.2. The first-order chi connectivity index (χ1) is 10.4. The number of hydrogen-bond acceptors (Lipinski definition) is 5. The van der Waals surface area contributed by atoms with Crippen molar-refractivity contribution in [2.45, 2.75) is 54.3 Å². The van der Waals surface area contributed by atoms with Crippen LogP contribution in [0.1, 0.15) is 48.5 Å². The zero-order valence-corrected chi connectivity index (χ0v) is 15.2. The van der Waals surface area contributed by atoms with Crippen LogP contribution in [0.25, 0.3) is 0 Å². The summed E-state index contributed by atoms with van der Waals surface area (Å²) in [5.41, 5.74) is -0.989. The minimum absolute atomic E-state index is 0.0831. The van der Waals surface area contributed by atoms with Gasteiger partial charge in [-0.3, -0.25) is 9.59 Å². The molecule has 0 saturated carbocycles. The van der Waals surface area contributed by atoms with Crippen LogP contribution in [0.5, 0.6) is 0 Å². The molecule has 2 aliphatic rings. The first-order valence-corrected chi connectivity index (χ1v) is 8.19. The molecule has 23 heavy (non-hydrogen) atoms. The van der Waals surface area contributed by atoms with Crippen molar-refractivity contribution in [3.05, 3.63) is 11.8 Å². The molecular formula is C18H28O5. The fourth-order valence-electron chi connectivity index (χ4n) is 2.94. The lowest BCUT2D eigenvalue weighted by Gasteiger charge is -2.42. The number of carbonyl (C=O) groups is 2. The summed E-state index contributed by atoms with van der Waals surface area (Å²) in [5, 5.41) is 0. The Labute approximate surface area is 138 Å². The molecule has 5 nitrogen and oxygen atoms in total. The van der Waals surface area contributed by atoms with E-state index in [0.29, 0.717) is 19.0 Å². The number of ether oxygens (including phenoxy) is 3. The van der Waals surface area contributed by atoms with E-state index in [1.54, 1.807) is 0 Å². The second-order valence-corrected chi connectivity index (χ2v) is 7.86. The third kappa shape index (κ3) is 2.85. The topological polar surface area (TPSA) is 61.8 Å². The van der Waals surface area contributed by atoms with Crippen molar-refractivity contribution in [2.75, 3.05) is 13.2 Å². The van der Waals surface area contributed by atoms with E-state index in [2.05, 4.69) is 0 Å². The second kappa shape index (κ2) is 5.71. The molecular weight excluding hydrogens is 296 g/mol. The molecule has 5 heteroatoms. The van der Waals surface area contributed by atoms with Gasteiger partial charge < -0.3 is 14.2 Å². The molecule has 0 aliphatic carbocycles. The van der Waals surface area contributed by atoms with Crippen LogP contribution in [0, 0.1) is 22.7 Å². The van der Waals surface area contributed by atoms with E-state index in [9.17, 15) is 9.59 Å². The summed E-state index contributed by atoms with van der Waals surface area (Å²) in [6, 6.07) is 0. The summed E-state index contributed by atoms with van der Waals surface area (Å²) >= 11 is 0. The highest BCUT2D eigenvalue weighted by Gasteiger charge is 2.51. The SMILES string of the molecule is CC1C(=O)O/C(=C\C(=O)C(C)C(C)(C)C2(C)OCCO2)C1(C)C. The number of rotatable bonds is 4. The maximum absolute atomic E-state index is 12.8. The molecule has 2 atom stereocenters. The summed E-state index contributed by atoms with van der Waals surface area (Å²) in [7, 11) is 0.